The molecule has 0 spiro atoms. The Morgan fingerprint density at radius 1 is 0.536 bits per heavy atom. The maximum atomic E-state index is 2.78. The molecule has 0 saturated heterocycles. The number of hydrogen-bond acceptors (Lipinski definition) is 0. The number of rotatable bonds is 2. The van der Waals surface area contributed by atoms with Gasteiger partial charge < -0.3 is 0 Å². The fourth-order valence-electron chi connectivity index (χ4n) is 8.67. The molecule has 28 heavy (non-hydrogen) atoms. The molecule has 0 N–H and O–H groups in total. The highest BCUT2D eigenvalue weighted by molar-refractivity contribution is 5.14. The lowest BCUT2D eigenvalue weighted by atomic mass is 9.51. The highest BCUT2D eigenvalue weighted by atomic mass is 14.5. The van der Waals surface area contributed by atoms with Gasteiger partial charge in [0.05, 0.1) is 0 Å². The van der Waals surface area contributed by atoms with Gasteiger partial charge in [0, 0.05) is 0 Å². The van der Waals surface area contributed by atoms with E-state index >= 15 is 0 Å². The van der Waals surface area contributed by atoms with Crippen LogP contribution in [0.25, 0.3) is 0 Å². The van der Waals surface area contributed by atoms with Crippen molar-refractivity contribution in [2.75, 3.05) is 0 Å². The largest absolute Gasteiger partial charge is 0.0819 e. The van der Waals surface area contributed by atoms with Gasteiger partial charge in [-0.1, -0.05) is 57.6 Å². The van der Waals surface area contributed by atoms with Crippen molar-refractivity contribution in [1.29, 1.82) is 0 Å². The molecule has 0 aromatic carbocycles. The Hall–Kier alpha value is -0.260. The number of allylic oxidation sites excluding steroid dienone is 2. The Morgan fingerprint density at radius 2 is 1.14 bits per heavy atom. The van der Waals surface area contributed by atoms with Crippen molar-refractivity contribution >= 4 is 0 Å². The van der Waals surface area contributed by atoms with Gasteiger partial charge in [-0.25, -0.2) is 0 Å². The zero-order chi connectivity index (χ0) is 19.1. The van der Waals surface area contributed by atoms with Gasteiger partial charge in [0.1, 0.15) is 0 Å². The molecular weight excluding hydrogens is 336 g/mol. The Morgan fingerprint density at radius 3 is 1.89 bits per heavy atom. The van der Waals surface area contributed by atoms with Crippen molar-refractivity contribution in [2.24, 2.45) is 53.3 Å². The topological polar surface area (TPSA) is 0 Å². The minimum atomic E-state index is 0.964. The molecule has 5 rings (SSSR count). The van der Waals surface area contributed by atoms with Crippen LogP contribution in [0.5, 0.6) is 0 Å². The van der Waals surface area contributed by atoms with Crippen molar-refractivity contribution in [3.05, 3.63) is 11.6 Å². The Labute approximate surface area is 175 Å². The van der Waals surface area contributed by atoms with Crippen LogP contribution in [0.3, 0.4) is 0 Å². The molecule has 5 aliphatic rings. The van der Waals surface area contributed by atoms with Crippen molar-refractivity contribution in [3.8, 4) is 0 Å². The molecule has 0 radical (unpaired) electrons. The zero-order valence-corrected chi connectivity index (χ0v) is 18.9. The molecule has 0 aromatic heterocycles. The predicted octanol–water partition coefficient (Wildman–Crippen LogP) is 8.42. The molecule has 5 fully saturated rings. The third-order valence-electron chi connectivity index (χ3n) is 10.8. The molecule has 0 bridgehead atoms. The fourth-order valence-corrected chi connectivity index (χ4v) is 8.67. The van der Waals surface area contributed by atoms with Crippen LogP contribution in [0, 0.1) is 53.3 Å². The van der Waals surface area contributed by atoms with E-state index in [-0.39, 0.29) is 0 Å². The summed E-state index contributed by atoms with van der Waals surface area (Å²) in [7, 11) is 0. The van der Waals surface area contributed by atoms with E-state index in [0.29, 0.717) is 0 Å². The number of fused-ring (bicyclic) bond motifs is 2. The molecule has 0 heterocycles. The van der Waals surface area contributed by atoms with Crippen molar-refractivity contribution < 1.29 is 0 Å². The minimum Gasteiger partial charge on any atom is -0.0819 e. The van der Waals surface area contributed by atoms with E-state index < -0.39 is 0 Å². The summed E-state index contributed by atoms with van der Waals surface area (Å²) in [5.41, 5.74) is 1.83. The quantitative estimate of drug-likeness (QED) is 0.420. The second-order valence-corrected chi connectivity index (χ2v) is 11.9. The second kappa shape index (κ2) is 8.47. The first-order valence-electron chi connectivity index (χ1n) is 13.4. The van der Waals surface area contributed by atoms with Gasteiger partial charge in [0.25, 0.3) is 0 Å². The van der Waals surface area contributed by atoms with E-state index in [9.17, 15) is 0 Å². The molecule has 158 valence electrons. The molecule has 5 saturated carbocycles. The standard InChI is InChI=1S/C28H46/c1-19-8-4-3-5-11-26(25-13-7-12-23(25)20(19)2)28-15-14-22(18-21-9-6-10-21)24-16-17-27(24)28/h18-20,22-28H,3-17H2,1-2H3. The minimum absolute atomic E-state index is 0.964. The lowest BCUT2D eigenvalue weighted by molar-refractivity contribution is -0.0363. The number of hydrogen-bond donors (Lipinski definition) is 0. The summed E-state index contributed by atoms with van der Waals surface area (Å²) in [5, 5.41) is 0. The van der Waals surface area contributed by atoms with Crippen LogP contribution in [0.15, 0.2) is 11.6 Å². The third-order valence-corrected chi connectivity index (χ3v) is 10.8. The molecule has 9 unspecified atom stereocenters. The van der Waals surface area contributed by atoms with Gasteiger partial charge in [0.2, 0.25) is 0 Å². The maximum absolute atomic E-state index is 2.78. The summed E-state index contributed by atoms with van der Waals surface area (Å²) in [5.74, 6) is 9.44. The van der Waals surface area contributed by atoms with E-state index in [4.69, 9.17) is 0 Å². The van der Waals surface area contributed by atoms with E-state index in [1.54, 1.807) is 44.9 Å². The molecule has 0 heteroatoms. The van der Waals surface area contributed by atoms with Crippen LogP contribution in [0.2, 0.25) is 0 Å². The van der Waals surface area contributed by atoms with Gasteiger partial charge in [-0.15, -0.1) is 0 Å². The van der Waals surface area contributed by atoms with Gasteiger partial charge in [-0.05, 0) is 117 Å². The normalized spacial score (nSPS) is 49.4. The summed E-state index contributed by atoms with van der Waals surface area (Å²) in [6, 6.07) is 0. The fraction of sp³-hybridized carbons (Fsp3) is 0.929. The van der Waals surface area contributed by atoms with Crippen molar-refractivity contribution in [2.45, 2.75) is 110 Å². The van der Waals surface area contributed by atoms with Crippen LogP contribution in [-0.4, -0.2) is 0 Å². The van der Waals surface area contributed by atoms with Crippen molar-refractivity contribution in [3.63, 3.8) is 0 Å². The van der Waals surface area contributed by atoms with Gasteiger partial charge in [-0.2, -0.15) is 0 Å². The second-order valence-electron chi connectivity index (χ2n) is 11.9. The monoisotopic (exact) mass is 382 g/mol. The summed E-state index contributed by atoms with van der Waals surface area (Å²) in [6.07, 6.45) is 25.7. The van der Waals surface area contributed by atoms with Crippen molar-refractivity contribution in [1.82, 2.24) is 0 Å². The lowest BCUT2D eigenvalue weighted by Gasteiger charge is -2.54. The Balaban J connectivity index is 1.33. The van der Waals surface area contributed by atoms with Crippen LogP contribution in [0.1, 0.15) is 110 Å². The van der Waals surface area contributed by atoms with E-state index in [2.05, 4.69) is 19.9 Å². The first kappa shape index (κ1) is 19.7. The van der Waals surface area contributed by atoms with Gasteiger partial charge in [-0.3, -0.25) is 0 Å². The highest BCUT2D eigenvalue weighted by Crippen LogP contribution is 2.58. The molecular formula is C28H46. The molecule has 9 atom stereocenters. The molecule has 0 nitrogen and oxygen atoms in total. The first-order chi connectivity index (χ1) is 13.7. The zero-order valence-electron chi connectivity index (χ0n) is 18.9. The first-order valence-corrected chi connectivity index (χ1v) is 13.4. The highest BCUT2D eigenvalue weighted by Gasteiger charge is 2.50. The Kier molecular flexibility index (Phi) is 5.95. The van der Waals surface area contributed by atoms with E-state index in [1.807, 2.05) is 5.57 Å². The third kappa shape index (κ3) is 3.65. The van der Waals surface area contributed by atoms with Crippen LogP contribution >= 0.6 is 0 Å². The van der Waals surface area contributed by atoms with Crippen LogP contribution in [-0.2, 0) is 0 Å². The van der Waals surface area contributed by atoms with E-state index in [1.165, 1.54) is 51.4 Å². The predicted molar refractivity (Wildman–Crippen MR) is 120 cm³/mol. The average Bonchev–Trinajstić information content (AvgIpc) is 3.10. The summed E-state index contributed by atoms with van der Waals surface area (Å²) >= 11 is 0. The SMILES string of the molecule is CC1CCCCCC(C2CCC(C=C3CCC3)C3CCC32)C2CCCC2C1C. The van der Waals surface area contributed by atoms with Gasteiger partial charge in [0.15, 0.2) is 0 Å². The molecule has 0 amide bonds. The molecule has 0 aliphatic heterocycles. The molecule has 5 aliphatic carbocycles. The van der Waals surface area contributed by atoms with Crippen LogP contribution < -0.4 is 0 Å². The van der Waals surface area contributed by atoms with Gasteiger partial charge >= 0.3 is 0 Å². The van der Waals surface area contributed by atoms with E-state index in [0.717, 1.165) is 53.3 Å². The average molecular weight is 383 g/mol. The summed E-state index contributed by atoms with van der Waals surface area (Å²) in [6.45, 7) is 5.22. The summed E-state index contributed by atoms with van der Waals surface area (Å²) < 4.78 is 0. The van der Waals surface area contributed by atoms with Crippen LogP contribution in [0.4, 0.5) is 0 Å². The summed E-state index contributed by atoms with van der Waals surface area (Å²) in [4.78, 5) is 0. The Bertz CT molecular complexity index is 552. The smallest absolute Gasteiger partial charge is 0.0200 e. The maximum Gasteiger partial charge on any atom is -0.0200 e. The lowest BCUT2D eigenvalue weighted by Crippen LogP contribution is -2.46. The molecule has 0 aromatic rings.